The Morgan fingerprint density at radius 2 is 2.11 bits per heavy atom. The molecule has 1 fully saturated rings. The van der Waals surface area contributed by atoms with E-state index in [0.717, 1.165) is 64.6 Å². The predicted octanol–water partition coefficient (Wildman–Crippen LogP) is 1.44. The second-order valence-electron chi connectivity index (χ2n) is 5.35. The van der Waals surface area contributed by atoms with Crippen molar-refractivity contribution >= 4 is 5.91 Å². The molecule has 18 heavy (non-hydrogen) atoms. The van der Waals surface area contributed by atoms with Gasteiger partial charge in [-0.2, -0.15) is 0 Å². The quantitative estimate of drug-likeness (QED) is 0.547. The lowest BCUT2D eigenvalue weighted by Crippen LogP contribution is -2.42. The number of amides is 1. The third kappa shape index (κ3) is 4.58. The van der Waals surface area contributed by atoms with Crippen LogP contribution < -0.4 is 10.6 Å². The van der Waals surface area contributed by atoms with Crippen LogP contribution in [0.15, 0.2) is 0 Å². The largest absolute Gasteiger partial charge is 0.396 e. The third-order valence-electron chi connectivity index (χ3n) is 3.82. The summed E-state index contributed by atoms with van der Waals surface area (Å²) in [6.07, 6.45) is 7.03. The highest BCUT2D eigenvalue weighted by Crippen LogP contribution is 2.31. The van der Waals surface area contributed by atoms with Gasteiger partial charge in [-0.15, -0.1) is 0 Å². The molecular formula is C14H28N2O2. The number of unbranched alkanes of at least 4 members (excludes halogenated alkanes) is 3. The number of nitrogens with one attached hydrogen (secondary N) is 2. The molecule has 0 aromatic heterocycles. The van der Waals surface area contributed by atoms with E-state index in [4.69, 9.17) is 5.11 Å². The zero-order chi connectivity index (χ0) is 13.3. The van der Waals surface area contributed by atoms with Crippen LogP contribution in [-0.2, 0) is 4.79 Å². The van der Waals surface area contributed by atoms with Crippen molar-refractivity contribution < 1.29 is 9.90 Å². The summed E-state index contributed by atoms with van der Waals surface area (Å²) in [4.78, 5) is 12.3. The molecular weight excluding hydrogens is 228 g/mol. The Hall–Kier alpha value is -0.610. The molecule has 0 spiro atoms. The molecule has 3 N–H and O–H groups in total. The molecule has 0 aliphatic carbocycles. The molecule has 0 saturated carbocycles. The van der Waals surface area contributed by atoms with Crippen molar-refractivity contribution in [2.24, 2.45) is 5.41 Å². The van der Waals surface area contributed by atoms with Crippen molar-refractivity contribution in [3.8, 4) is 0 Å². The Bertz CT molecular complexity index is 238. The van der Waals surface area contributed by atoms with E-state index in [1.807, 2.05) is 0 Å². The smallest absolute Gasteiger partial charge is 0.227 e. The zero-order valence-electron chi connectivity index (χ0n) is 11.6. The van der Waals surface area contributed by atoms with Crippen LogP contribution in [0.2, 0.25) is 0 Å². The van der Waals surface area contributed by atoms with Gasteiger partial charge in [0.1, 0.15) is 0 Å². The first-order valence-electron chi connectivity index (χ1n) is 7.35. The van der Waals surface area contributed by atoms with Gasteiger partial charge < -0.3 is 15.7 Å². The third-order valence-corrected chi connectivity index (χ3v) is 3.82. The van der Waals surface area contributed by atoms with Crippen molar-refractivity contribution in [2.75, 3.05) is 26.2 Å². The molecule has 0 aromatic carbocycles. The van der Waals surface area contributed by atoms with E-state index >= 15 is 0 Å². The molecule has 1 unspecified atom stereocenters. The Morgan fingerprint density at radius 3 is 2.72 bits per heavy atom. The summed E-state index contributed by atoms with van der Waals surface area (Å²) < 4.78 is 0. The summed E-state index contributed by atoms with van der Waals surface area (Å²) in [7, 11) is 0. The van der Waals surface area contributed by atoms with Crippen molar-refractivity contribution in [2.45, 2.75) is 51.9 Å². The van der Waals surface area contributed by atoms with Gasteiger partial charge in [0.15, 0.2) is 0 Å². The number of aliphatic hydroxyl groups is 1. The van der Waals surface area contributed by atoms with Crippen LogP contribution in [0, 0.1) is 5.41 Å². The molecule has 106 valence electrons. The van der Waals surface area contributed by atoms with E-state index in [9.17, 15) is 4.79 Å². The number of hydrogen-bond acceptors (Lipinski definition) is 3. The van der Waals surface area contributed by atoms with Crippen LogP contribution in [0.4, 0.5) is 0 Å². The summed E-state index contributed by atoms with van der Waals surface area (Å²) in [5.41, 5.74) is -0.153. The maximum Gasteiger partial charge on any atom is 0.227 e. The van der Waals surface area contributed by atoms with Gasteiger partial charge in [0, 0.05) is 19.7 Å². The number of carbonyl (C=O) groups excluding carboxylic acids is 1. The van der Waals surface area contributed by atoms with Gasteiger partial charge >= 0.3 is 0 Å². The zero-order valence-corrected chi connectivity index (χ0v) is 11.6. The summed E-state index contributed by atoms with van der Waals surface area (Å²) >= 11 is 0. The molecule has 1 saturated heterocycles. The number of aliphatic hydroxyl groups excluding tert-OH is 1. The molecule has 1 amide bonds. The molecule has 1 heterocycles. The number of carbonyl (C=O) groups is 1. The fourth-order valence-corrected chi connectivity index (χ4v) is 2.72. The highest BCUT2D eigenvalue weighted by molar-refractivity contribution is 5.83. The van der Waals surface area contributed by atoms with E-state index < -0.39 is 0 Å². The highest BCUT2D eigenvalue weighted by Gasteiger charge is 2.39. The lowest BCUT2D eigenvalue weighted by atomic mass is 9.81. The van der Waals surface area contributed by atoms with Gasteiger partial charge in [-0.3, -0.25) is 4.79 Å². The van der Waals surface area contributed by atoms with Crippen LogP contribution in [0.1, 0.15) is 51.9 Å². The minimum Gasteiger partial charge on any atom is -0.396 e. The van der Waals surface area contributed by atoms with Gasteiger partial charge in [-0.05, 0) is 32.2 Å². The lowest BCUT2D eigenvalue weighted by molar-refractivity contribution is -0.130. The van der Waals surface area contributed by atoms with E-state index in [1.165, 1.54) is 0 Å². The number of hydrogen-bond donors (Lipinski definition) is 3. The van der Waals surface area contributed by atoms with Gasteiger partial charge in [0.2, 0.25) is 5.91 Å². The van der Waals surface area contributed by atoms with Gasteiger partial charge in [-0.25, -0.2) is 0 Å². The van der Waals surface area contributed by atoms with Crippen LogP contribution >= 0.6 is 0 Å². The standard InChI is InChI=1S/C14H28N2O2/c1-2-7-14(8-10-15-12-14)13(18)16-9-5-3-4-6-11-17/h15,17H,2-12H2,1H3,(H,16,18). The lowest BCUT2D eigenvalue weighted by Gasteiger charge is -2.26. The van der Waals surface area contributed by atoms with Crippen molar-refractivity contribution in [1.29, 1.82) is 0 Å². The topological polar surface area (TPSA) is 61.4 Å². The normalized spacial score (nSPS) is 23.2. The predicted molar refractivity (Wildman–Crippen MR) is 73.4 cm³/mol. The van der Waals surface area contributed by atoms with Crippen molar-refractivity contribution in [3.05, 3.63) is 0 Å². The first kappa shape index (κ1) is 15.4. The first-order chi connectivity index (χ1) is 8.75. The molecule has 1 atom stereocenters. The summed E-state index contributed by atoms with van der Waals surface area (Å²) in [5.74, 6) is 0.233. The minimum absolute atomic E-state index is 0.153. The van der Waals surface area contributed by atoms with Crippen LogP contribution in [0.5, 0.6) is 0 Å². The molecule has 1 aliphatic rings. The second kappa shape index (κ2) is 8.48. The van der Waals surface area contributed by atoms with Gasteiger partial charge in [0.05, 0.1) is 5.41 Å². The molecule has 0 aromatic rings. The summed E-state index contributed by atoms with van der Waals surface area (Å²) in [5, 5.41) is 15.1. The first-order valence-corrected chi connectivity index (χ1v) is 7.35. The van der Waals surface area contributed by atoms with Crippen LogP contribution in [-0.4, -0.2) is 37.3 Å². The van der Waals surface area contributed by atoms with Gasteiger partial charge in [0.25, 0.3) is 0 Å². The molecule has 4 nitrogen and oxygen atoms in total. The van der Waals surface area contributed by atoms with E-state index in [2.05, 4.69) is 17.6 Å². The Labute approximate surface area is 111 Å². The number of rotatable bonds is 9. The summed E-state index contributed by atoms with van der Waals surface area (Å²) in [6, 6.07) is 0. The highest BCUT2D eigenvalue weighted by atomic mass is 16.2. The second-order valence-corrected chi connectivity index (χ2v) is 5.35. The van der Waals surface area contributed by atoms with Gasteiger partial charge in [-0.1, -0.05) is 26.2 Å². The Morgan fingerprint density at radius 1 is 1.33 bits per heavy atom. The Kier molecular flexibility index (Phi) is 7.28. The van der Waals surface area contributed by atoms with Crippen molar-refractivity contribution in [1.82, 2.24) is 10.6 Å². The fourth-order valence-electron chi connectivity index (χ4n) is 2.72. The summed E-state index contributed by atoms with van der Waals surface area (Å²) in [6.45, 7) is 4.98. The SMILES string of the molecule is CCCC1(C(=O)NCCCCCCO)CCNC1. The molecule has 0 bridgehead atoms. The molecule has 0 radical (unpaired) electrons. The van der Waals surface area contributed by atoms with E-state index in [1.54, 1.807) is 0 Å². The van der Waals surface area contributed by atoms with Crippen molar-refractivity contribution in [3.63, 3.8) is 0 Å². The minimum atomic E-state index is -0.153. The van der Waals surface area contributed by atoms with Crippen LogP contribution in [0.3, 0.4) is 0 Å². The Balaban J connectivity index is 2.21. The van der Waals surface area contributed by atoms with E-state index in [-0.39, 0.29) is 17.9 Å². The van der Waals surface area contributed by atoms with Crippen LogP contribution in [0.25, 0.3) is 0 Å². The fraction of sp³-hybridized carbons (Fsp3) is 0.929. The average molecular weight is 256 g/mol. The maximum absolute atomic E-state index is 12.3. The maximum atomic E-state index is 12.3. The molecule has 1 aliphatic heterocycles. The molecule has 4 heteroatoms. The molecule has 1 rings (SSSR count). The van der Waals surface area contributed by atoms with E-state index in [0.29, 0.717) is 0 Å². The average Bonchev–Trinajstić information content (AvgIpc) is 2.83. The monoisotopic (exact) mass is 256 g/mol.